The molecular formula is C17H22N2O2. The highest BCUT2D eigenvalue weighted by atomic mass is 16.2. The number of hydrogen-bond acceptors (Lipinski definition) is 2. The fraction of sp³-hybridized carbons (Fsp3) is 0.529. The summed E-state index contributed by atoms with van der Waals surface area (Å²) in [4.78, 5) is 26.6. The fourth-order valence-corrected chi connectivity index (χ4v) is 2.93. The second-order valence-corrected chi connectivity index (χ2v) is 6.46. The lowest BCUT2D eigenvalue weighted by atomic mass is 10.00. The molecule has 2 fully saturated rings. The van der Waals surface area contributed by atoms with Crippen LogP contribution >= 0.6 is 0 Å². The van der Waals surface area contributed by atoms with E-state index in [1.807, 2.05) is 18.2 Å². The Labute approximate surface area is 125 Å². The first kappa shape index (κ1) is 14.1. The maximum Gasteiger partial charge on any atom is 0.250 e. The van der Waals surface area contributed by atoms with Crippen molar-refractivity contribution in [2.24, 2.45) is 5.92 Å². The van der Waals surface area contributed by atoms with Crippen LogP contribution in [-0.4, -0.2) is 23.9 Å². The van der Waals surface area contributed by atoms with Gasteiger partial charge in [-0.25, -0.2) is 0 Å². The van der Waals surface area contributed by atoms with E-state index in [1.54, 1.807) is 11.8 Å². The third-order valence-corrected chi connectivity index (χ3v) is 4.48. The number of rotatable bonds is 3. The van der Waals surface area contributed by atoms with Gasteiger partial charge in [-0.1, -0.05) is 26.0 Å². The highest BCUT2D eigenvalue weighted by molar-refractivity contribution is 6.08. The van der Waals surface area contributed by atoms with Crippen LogP contribution in [0.1, 0.15) is 45.1 Å². The molecule has 1 aromatic carbocycles. The van der Waals surface area contributed by atoms with Crippen molar-refractivity contribution in [2.45, 2.75) is 51.6 Å². The predicted molar refractivity (Wildman–Crippen MR) is 82.1 cm³/mol. The van der Waals surface area contributed by atoms with Crippen molar-refractivity contribution < 1.29 is 9.59 Å². The van der Waals surface area contributed by atoms with Gasteiger partial charge in [0.05, 0.1) is 0 Å². The zero-order valence-electron chi connectivity index (χ0n) is 12.8. The standard InChI is InChI=1S/C17H22N2O2/c1-10(2)13-5-4-6-14(9-13)19-11(3)16(20)18-15(17(19)21)12-7-8-12/h4-6,9-12,15H,7-8H2,1-3H3,(H,18,20). The van der Waals surface area contributed by atoms with Gasteiger partial charge in [-0.2, -0.15) is 0 Å². The molecule has 0 aromatic heterocycles. The van der Waals surface area contributed by atoms with E-state index in [2.05, 4.69) is 25.2 Å². The molecule has 112 valence electrons. The maximum atomic E-state index is 12.8. The summed E-state index contributed by atoms with van der Waals surface area (Å²) in [6.45, 7) is 6.04. The van der Waals surface area contributed by atoms with Crippen LogP contribution < -0.4 is 10.2 Å². The largest absolute Gasteiger partial charge is 0.342 e. The monoisotopic (exact) mass is 286 g/mol. The van der Waals surface area contributed by atoms with Gasteiger partial charge in [-0.05, 0) is 49.3 Å². The number of nitrogens with one attached hydrogen (secondary N) is 1. The molecule has 0 bridgehead atoms. The van der Waals surface area contributed by atoms with Gasteiger partial charge in [-0.15, -0.1) is 0 Å². The highest BCUT2D eigenvalue weighted by Crippen LogP contribution is 2.36. The van der Waals surface area contributed by atoms with Gasteiger partial charge in [0, 0.05) is 5.69 Å². The Hall–Kier alpha value is -1.84. The first-order chi connectivity index (χ1) is 9.99. The summed E-state index contributed by atoms with van der Waals surface area (Å²) in [7, 11) is 0. The van der Waals surface area contributed by atoms with Crippen LogP contribution in [0.4, 0.5) is 5.69 Å². The molecule has 2 aliphatic rings. The van der Waals surface area contributed by atoms with Crippen LogP contribution in [0.15, 0.2) is 24.3 Å². The Kier molecular flexibility index (Phi) is 3.47. The van der Waals surface area contributed by atoms with Gasteiger partial charge in [0.2, 0.25) is 5.91 Å². The van der Waals surface area contributed by atoms with E-state index in [-0.39, 0.29) is 17.9 Å². The fourth-order valence-electron chi connectivity index (χ4n) is 2.93. The number of anilines is 1. The summed E-state index contributed by atoms with van der Waals surface area (Å²) >= 11 is 0. The van der Waals surface area contributed by atoms with Crippen LogP contribution in [0, 0.1) is 5.92 Å². The lowest BCUT2D eigenvalue weighted by Crippen LogP contribution is -2.63. The Bertz CT molecular complexity index is 578. The van der Waals surface area contributed by atoms with Crippen molar-refractivity contribution in [1.82, 2.24) is 5.32 Å². The smallest absolute Gasteiger partial charge is 0.250 e. The molecule has 0 radical (unpaired) electrons. The minimum atomic E-state index is -0.449. The van der Waals surface area contributed by atoms with Gasteiger partial charge in [-0.3, -0.25) is 14.5 Å². The number of nitrogens with zero attached hydrogens (tertiary/aromatic N) is 1. The number of amides is 2. The van der Waals surface area contributed by atoms with E-state index in [0.717, 1.165) is 18.5 Å². The lowest BCUT2D eigenvalue weighted by Gasteiger charge is -2.37. The molecule has 1 N–H and O–H groups in total. The summed E-state index contributed by atoms with van der Waals surface area (Å²) in [5, 5.41) is 2.88. The minimum absolute atomic E-state index is 0.0329. The van der Waals surface area contributed by atoms with Gasteiger partial charge in [0.25, 0.3) is 5.91 Å². The van der Waals surface area contributed by atoms with Gasteiger partial charge in [0.1, 0.15) is 12.1 Å². The number of carbonyl (C=O) groups is 2. The molecule has 1 aliphatic carbocycles. The second kappa shape index (κ2) is 5.17. The van der Waals surface area contributed by atoms with E-state index in [4.69, 9.17) is 0 Å². The molecule has 4 nitrogen and oxygen atoms in total. The third kappa shape index (κ3) is 2.55. The van der Waals surface area contributed by atoms with Crippen LogP contribution in [0.5, 0.6) is 0 Å². The lowest BCUT2D eigenvalue weighted by molar-refractivity contribution is -0.133. The van der Waals surface area contributed by atoms with Crippen LogP contribution in [0.3, 0.4) is 0 Å². The second-order valence-electron chi connectivity index (χ2n) is 6.46. The molecule has 21 heavy (non-hydrogen) atoms. The van der Waals surface area contributed by atoms with E-state index in [0.29, 0.717) is 11.8 Å². The van der Waals surface area contributed by atoms with E-state index < -0.39 is 6.04 Å². The third-order valence-electron chi connectivity index (χ3n) is 4.48. The molecule has 4 heteroatoms. The van der Waals surface area contributed by atoms with Crippen molar-refractivity contribution in [1.29, 1.82) is 0 Å². The summed E-state index contributed by atoms with van der Waals surface area (Å²) in [5.74, 6) is 0.699. The number of piperazine rings is 1. The van der Waals surface area contributed by atoms with Gasteiger partial charge in [0.15, 0.2) is 0 Å². The first-order valence-corrected chi connectivity index (χ1v) is 7.72. The average Bonchev–Trinajstić information content (AvgIpc) is 3.28. The Morgan fingerprint density at radius 1 is 1.24 bits per heavy atom. The Balaban J connectivity index is 1.95. The molecule has 1 saturated carbocycles. The van der Waals surface area contributed by atoms with Crippen molar-refractivity contribution in [2.75, 3.05) is 4.90 Å². The van der Waals surface area contributed by atoms with E-state index in [9.17, 15) is 9.59 Å². The molecule has 1 aromatic rings. The van der Waals surface area contributed by atoms with E-state index in [1.165, 1.54) is 5.56 Å². The van der Waals surface area contributed by atoms with Crippen molar-refractivity contribution in [3.63, 3.8) is 0 Å². The molecule has 3 rings (SSSR count). The van der Waals surface area contributed by atoms with Crippen LogP contribution in [0.2, 0.25) is 0 Å². The quantitative estimate of drug-likeness (QED) is 0.928. The number of hydrogen-bond donors (Lipinski definition) is 1. The summed E-state index contributed by atoms with van der Waals surface area (Å²) in [5.41, 5.74) is 2.01. The Morgan fingerprint density at radius 3 is 2.57 bits per heavy atom. The predicted octanol–water partition coefficient (Wildman–Crippen LogP) is 2.44. The van der Waals surface area contributed by atoms with Crippen molar-refractivity contribution >= 4 is 17.5 Å². The molecule has 1 saturated heterocycles. The van der Waals surface area contributed by atoms with Crippen molar-refractivity contribution in [3.05, 3.63) is 29.8 Å². The normalized spacial score (nSPS) is 26.2. The van der Waals surface area contributed by atoms with E-state index >= 15 is 0 Å². The summed E-state index contributed by atoms with van der Waals surface area (Å²) < 4.78 is 0. The molecule has 2 amide bonds. The summed E-state index contributed by atoms with van der Waals surface area (Å²) in [6, 6.07) is 7.19. The minimum Gasteiger partial charge on any atom is -0.342 e. The number of benzene rings is 1. The molecule has 2 atom stereocenters. The Morgan fingerprint density at radius 2 is 1.95 bits per heavy atom. The van der Waals surface area contributed by atoms with Crippen molar-refractivity contribution in [3.8, 4) is 0 Å². The molecule has 2 unspecified atom stereocenters. The molecule has 1 heterocycles. The first-order valence-electron chi connectivity index (χ1n) is 7.72. The molecule has 1 aliphatic heterocycles. The highest BCUT2D eigenvalue weighted by Gasteiger charge is 2.46. The van der Waals surface area contributed by atoms with Crippen LogP contribution in [-0.2, 0) is 9.59 Å². The van der Waals surface area contributed by atoms with Gasteiger partial charge >= 0.3 is 0 Å². The maximum absolute atomic E-state index is 12.8. The van der Waals surface area contributed by atoms with Crippen LogP contribution in [0.25, 0.3) is 0 Å². The van der Waals surface area contributed by atoms with Gasteiger partial charge < -0.3 is 5.32 Å². The SMILES string of the molecule is CC(C)c1cccc(N2C(=O)C(C3CC3)NC(=O)C2C)c1. The average molecular weight is 286 g/mol. The number of carbonyl (C=O) groups excluding carboxylic acids is 2. The molecular weight excluding hydrogens is 264 g/mol. The summed E-state index contributed by atoms with van der Waals surface area (Å²) in [6.07, 6.45) is 2.07. The molecule has 0 spiro atoms. The zero-order valence-corrected chi connectivity index (χ0v) is 12.8. The topological polar surface area (TPSA) is 49.4 Å². The zero-order chi connectivity index (χ0) is 15.1.